The molecule has 2 aliphatic heterocycles. The summed E-state index contributed by atoms with van der Waals surface area (Å²) in [5, 5.41) is 0. The summed E-state index contributed by atoms with van der Waals surface area (Å²) in [6.07, 6.45) is 1.56. The predicted molar refractivity (Wildman–Crippen MR) is 80.0 cm³/mol. The lowest BCUT2D eigenvalue weighted by molar-refractivity contribution is -0.254. The highest BCUT2D eigenvalue weighted by Crippen LogP contribution is 2.64. The van der Waals surface area contributed by atoms with Gasteiger partial charge in [-0.3, -0.25) is 4.57 Å². The Morgan fingerprint density at radius 1 is 1.52 bits per heavy atom. The van der Waals surface area contributed by atoms with Crippen LogP contribution in [0.1, 0.15) is 18.2 Å². The van der Waals surface area contributed by atoms with Gasteiger partial charge in [-0.05, 0) is 6.92 Å². The molecule has 1 aliphatic carbocycles. The van der Waals surface area contributed by atoms with E-state index in [0.717, 1.165) is 5.56 Å². The molecule has 2 N–H and O–H groups in total. The molecule has 4 rings (SSSR count). The number of methoxy groups -OCH3 is 2. The molecule has 23 heavy (non-hydrogen) atoms. The molecule has 5 atom stereocenters. The number of hydrogen-bond donors (Lipinski definition) is 1. The van der Waals surface area contributed by atoms with E-state index in [4.69, 9.17) is 24.7 Å². The van der Waals surface area contributed by atoms with Crippen LogP contribution in [0.25, 0.3) is 0 Å². The third-order valence-electron chi connectivity index (χ3n) is 5.46. The first-order valence-corrected chi connectivity index (χ1v) is 7.65. The van der Waals surface area contributed by atoms with Crippen LogP contribution in [0.4, 0.5) is 5.82 Å². The highest BCUT2D eigenvalue weighted by atomic mass is 16.6. The molecule has 1 aromatic rings. The second-order valence-corrected chi connectivity index (χ2v) is 6.70. The van der Waals surface area contributed by atoms with E-state index in [1.807, 2.05) is 6.92 Å². The molecule has 3 aliphatic rings. The molecule has 0 aromatic carbocycles. The van der Waals surface area contributed by atoms with Gasteiger partial charge in [0.05, 0.1) is 19.1 Å². The zero-order valence-electron chi connectivity index (χ0n) is 13.4. The molecule has 8 nitrogen and oxygen atoms in total. The van der Waals surface area contributed by atoms with E-state index >= 15 is 0 Å². The molecule has 3 heterocycles. The highest BCUT2D eigenvalue weighted by Gasteiger charge is 2.77. The van der Waals surface area contributed by atoms with Crippen molar-refractivity contribution in [3.8, 4) is 0 Å². The Hall–Kier alpha value is -1.48. The van der Waals surface area contributed by atoms with Crippen molar-refractivity contribution in [2.45, 2.75) is 36.9 Å². The monoisotopic (exact) mass is 323 g/mol. The average Bonchev–Trinajstić information content (AvgIpc) is 2.93. The number of rotatable bonds is 4. The van der Waals surface area contributed by atoms with E-state index in [1.54, 1.807) is 20.4 Å². The van der Waals surface area contributed by atoms with Crippen LogP contribution in [0.3, 0.4) is 0 Å². The van der Waals surface area contributed by atoms with Crippen molar-refractivity contribution in [1.29, 1.82) is 0 Å². The smallest absolute Gasteiger partial charge is 0.351 e. The first kappa shape index (κ1) is 15.1. The van der Waals surface area contributed by atoms with Gasteiger partial charge in [0.15, 0.2) is 6.23 Å². The Morgan fingerprint density at radius 3 is 3.00 bits per heavy atom. The molecule has 126 valence electrons. The molecule has 8 heteroatoms. The van der Waals surface area contributed by atoms with Crippen molar-refractivity contribution < 1.29 is 18.9 Å². The maximum Gasteiger partial charge on any atom is 0.351 e. The second kappa shape index (κ2) is 4.76. The lowest BCUT2D eigenvalue weighted by atomic mass is 9.59. The van der Waals surface area contributed by atoms with Gasteiger partial charge in [-0.25, -0.2) is 4.79 Å². The number of nitrogens with zero attached hydrogens (tertiary/aromatic N) is 2. The molecular weight excluding hydrogens is 302 g/mol. The Morgan fingerprint density at radius 2 is 2.30 bits per heavy atom. The maximum atomic E-state index is 12.3. The third kappa shape index (κ3) is 1.80. The van der Waals surface area contributed by atoms with Crippen molar-refractivity contribution >= 4 is 5.82 Å². The normalized spacial score (nSPS) is 40.9. The van der Waals surface area contributed by atoms with Crippen LogP contribution >= 0.6 is 0 Å². The van der Waals surface area contributed by atoms with Gasteiger partial charge in [0.2, 0.25) is 0 Å². The number of nitrogen functional groups attached to an aromatic ring is 1. The topological polar surface area (TPSA) is 97.8 Å². The predicted octanol–water partition coefficient (Wildman–Crippen LogP) is -0.148. The summed E-state index contributed by atoms with van der Waals surface area (Å²) in [6, 6.07) is 0. The highest BCUT2D eigenvalue weighted by molar-refractivity contribution is 5.35. The van der Waals surface area contributed by atoms with Gasteiger partial charge in [-0.15, -0.1) is 0 Å². The minimum absolute atomic E-state index is 0.0368. The molecule has 3 fully saturated rings. The van der Waals surface area contributed by atoms with Gasteiger partial charge >= 0.3 is 5.69 Å². The summed E-state index contributed by atoms with van der Waals surface area (Å²) in [6.45, 7) is 2.75. The molecule has 0 radical (unpaired) electrons. The minimum atomic E-state index is -0.547. The Bertz CT molecular complexity index is 707. The number of hydrogen-bond acceptors (Lipinski definition) is 7. The Kier molecular flexibility index (Phi) is 3.12. The van der Waals surface area contributed by atoms with Gasteiger partial charge < -0.3 is 24.7 Å². The third-order valence-corrected chi connectivity index (χ3v) is 5.46. The molecule has 2 saturated heterocycles. The standard InChI is InChI=1S/C15H21N3O5/c1-8-4-18(13(19)17-11(8)16)12-9-10-14(21-3,7-22-9)5-15(10,23-12)6-20-2/h4,9-10,12H,5-7H2,1-3H3,(H2,16,17,19)/t9-,10?,12+,14?,15+/m0/s1. The SMILES string of the molecule is COC[C@]12CC3(OC)CO[C@@H](C31)[C@H](n1cc(C)c(N)nc1=O)O2. The Labute approximate surface area is 133 Å². The fourth-order valence-corrected chi connectivity index (χ4v) is 4.47. The molecule has 1 saturated carbocycles. The summed E-state index contributed by atoms with van der Waals surface area (Å²) < 4.78 is 24.8. The van der Waals surface area contributed by atoms with Crippen LogP contribution in [0.15, 0.2) is 11.0 Å². The van der Waals surface area contributed by atoms with E-state index in [1.165, 1.54) is 4.57 Å². The minimum Gasteiger partial charge on any atom is -0.383 e. The van der Waals surface area contributed by atoms with Crippen molar-refractivity contribution in [2.24, 2.45) is 5.92 Å². The van der Waals surface area contributed by atoms with E-state index in [0.29, 0.717) is 19.6 Å². The first-order chi connectivity index (χ1) is 11.0. The van der Waals surface area contributed by atoms with Crippen LogP contribution in [0.2, 0.25) is 0 Å². The summed E-state index contributed by atoms with van der Waals surface area (Å²) in [7, 11) is 3.33. The lowest BCUT2D eigenvalue weighted by Gasteiger charge is -2.54. The summed E-state index contributed by atoms with van der Waals surface area (Å²) in [4.78, 5) is 16.1. The van der Waals surface area contributed by atoms with Gasteiger partial charge in [0.1, 0.15) is 23.1 Å². The van der Waals surface area contributed by atoms with E-state index in [2.05, 4.69) is 4.98 Å². The fraction of sp³-hybridized carbons (Fsp3) is 0.733. The number of aromatic nitrogens is 2. The maximum absolute atomic E-state index is 12.3. The van der Waals surface area contributed by atoms with Crippen molar-refractivity contribution in [1.82, 2.24) is 9.55 Å². The number of nitrogens with two attached hydrogens (primary N) is 1. The summed E-state index contributed by atoms with van der Waals surface area (Å²) in [5.41, 5.74) is 5.17. The van der Waals surface area contributed by atoms with Gasteiger partial charge in [-0.1, -0.05) is 0 Å². The summed E-state index contributed by atoms with van der Waals surface area (Å²) in [5.74, 6) is 0.270. The van der Waals surface area contributed by atoms with Crippen molar-refractivity contribution in [3.05, 3.63) is 22.2 Å². The lowest BCUT2D eigenvalue weighted by Crippen LogP contribution is -2.67. The number of anilines is 1. The van der Waals surface area contributed by atoms with Gasteiger partial charge in [0, 0.05) is 32.4 Å². The van der Waals surface area contributed by atoms with E-state index in [-0.39, 0.29) is 23.4 Å². The number of ether oxygens (including phenoxy) is 4. The fourth-order valence-electron chi connectivity index (χ4n) is 4.47. The molecular formula is C15H21N3O5. The molecule has 2 unspecified atom stereocenters. The van der Waals surface area contributed by atoms with E-state index < -0.39 is 17.5 Å². The Balaban J connectivity index is 1.75. The van der Waals surface area contributed by atoms with Crippen LogP contribution in [-0.4, -0.2) is 54.3 Å². The average molecular weight is 323 g/mol. The van der Waals surface area contributed by atoms with Crippen molar-refractivity contribution in [2.75, 3.05) is 33.2 Å². The number of aryl methyl sites for hydroxylation is 1. The van der Waals surface area contributed by atoms with Gasteiger partial charge in [0.25, 0.3) is 0 Å². The summed E-state index contributed by atoms with van der Waals surface area (Å²) >= 11 is 0. The molecule has 0 amide bonds. The van der Waals surface area contributed by atoms with Crippen LogP contribution < -0.4 is 11.4 Å². The first-order valence-electron chi connectivity index (χ1n) is 7.65. The zero-order valence-corrected chi connectivity index (χ0v) is 13.4. The van der Waals surface area contributed by atoms with Crippen molar-refractivity contribution in [3.63, 3.8) is 0 Å². The quantitative estimate of drug-likeness (QED) is 0.823. The second-order valence-electron chi connectivity index (χ2n) is 6.70. The van der Waals surface area contributed by atoms with Gasteiger partial charge in [-0.2, -0.15) is 4.98 Å². The molecule has 0 spiro atoms. The molecule has 0 bridgehead atoms. The zero-order chi connectivity index (χ0) is 16.4. The van der Waals surface area contributed by atoms with E-state index in [9.17, 15) is 4.79 Å². The van der Waals surface area contributed by atoms with Crippen LogP contribution in [0, 0.1) is 12.8 Å². The largest absolute Gasteiger partial charge is 0.383 e. The molecule has 1 aromatic heterocycles. The van der Waals surface area contributed by atoms with Crippen LogP contribution in [-0.2, 0) is 18.9 Å². The van der Waals surface area contributed by atoms with Crippen LogP contribution in [0.5, 0.6) is 0 Å².